The SMILES string of the molecule is CNCC(=O)N1CC(CF)C1. The van der Waals surface area contributed by atoms with E-state index in [2.05, 4.69) is 5.32 Å². The normalized spacial score (nSPS) is 18.2. The van der Waals surface area contributed by atoms with Gasteiger partial charge >= 0.3 is 0 Å². The molecular formula is C7H13FN2O. The van der Waals surface area contributed by atoms with Crippen molar-refractivity contribution < 1.29 is 9.18 Å². The molecule has 0 aromatic carbocycles. The van der Waals surface area contributed by atoms with E-state index in [0.29, 0.717) is 19.6 Å². The smallest absolute Gasteiger partial charge is 0.236 e. The largest absolute Gasteiger partial charge is 0.341 e. The van der Waals surface area contributed by atoms with Crippen molar-refractivity contribution in [1.82, 2.24) is 10.2 Å². The molecule has 1 rings (SSSR count). The highest BCUT2D eigenvalue weighted by atomic mass is 19.1. The lowest BCUT2D eigenvalue weighted by molar-refractivity contribution is -0.136. The van der Waals surface area contributed by atoms with Gasteiger partial charge in [-0.3, -0.25) is 9.18 Å². The summed E-state index contributed by atoms with van der Waals surface area (Å²) in [6.45, 7) is 1.25. The first kappa shape index (κ1) is 8.46. The van der Waals surface area contributed by atoms with Crippen molar-refractivity contribution in [2.24, 2.45) is 5.92 Å². The van der Waals surface area contributed by atoms with Gasteiger partial charge in [-0.25, -0.2) is 0 Å². The van der Waals surface area contributed by atoms with Gasteiger partial charge in [-0.15, -0.1) is 0 Å². The third-order valence-electron chi connectivity index (χ3n) is 1.86. The molecule has 0 aromatic heterocycles. The summed E-state index contributed by atoms with van der Waals surface area (Å²) in [6, 6.07) is 0. The maximum Gasteiger partial charge on any atom is 0.236 e. The van der Waals surface area contributed by atoms with Gasteiger partial charge < -0.3 is 10.2 Å². The number of rotatable bonds is 3. The molecule has 0 radical (unpaired) electrons. The molecule has 0 unspecified atom stereocenters. The van der Waals surface area contributed by atoms with E-state index in [1.54, 1.807) is 11.9 Å². The molecule has 0 aromatic rings. The van der Waals surface area contributed by atoms with Crippen molar-refractivity contribution in [2.75, 3.05) is 33.4 Å². The van der Waals surface area contributed by atoms with E-state index in [0.717, 1.165) is 0 Å². The van der Waals surface area contributed by atoms with E-state index < -0.39 is 0 Å². The van der Waals surface area contributed by atoms with E-state index >= 15 is 0 Å². The molecule has 3 nitrogen and oxygen atoms in total. The Balaban J connectivity index is 2.16. The van der Waals surface area contributed by atoms with Crippen LogP contribution in [0.1, 0.15) is 0 Å². The number of hydrogen-bond donors (Lipinski definition) is 1. The van der Waals surface area contributed by atoms with Crippen LogP contribution in [0.15, 0.2) is 0 Å². The summed E-state index contributed by atoms with van der Waals surface area (Å²) < 4.78 is 11.9. The van der Waals surface area contributed by atoms with Gasteiger partial charge in [0, 0.05) is 19.0 Å². The van der Waals surface area contributed by atoms with Gasteiger partial charge in [-0.05, 0) is 7.05 Å². The lowest BCUT2D eigenvalue weighted by atomic mass is 10.0. The molecule has 1 fully saturated rings. The molecule has 0 saturated carbocycles. The number of carbonyl (C=O) groups excluding carboxylic acids is 1. The Kier molecular flexibility index (Phi) is 2.82. The molecule has 1 aliphatic heterocycles. The van der Waals surface area contributed by atoms with E-state index in [4.69, 9.17) is 0 Å². The lowest BCUT2D eigenvalue weighted by Crippen LogP contribution is -2.52. The first-order valence-corrected chi connectivity index (χ1v) is 3.76. The number of nitrogens with one attached hydrogen (secondary N) is 1. The number of nitrogens with zero attached hydrogens (tertiary/aromatic N) is 1. The molecule has 4 heteroatoms. The average Bonchev–Trinajstić information content (AvgIpc) is 1.86. The van der Waals surface area contributed by atoms with Crippen molar-refractivity contribution in [3.05, 3.63) is 0 Å². The number of carbonyl (C=O) groups is 1. The quantitative estimate of drug-likeness (QED) is 0.611. The zero-order valence-corrected chi connectivity index (χ0v) is 6.64. The van der Waals surface area contributed by atoms with Crippen molar-refractivity contribution >= 4 is 5.91 Å². The standard InChI is InChI=1S/C7H13FN2O/c1-9-3-7(11)10-4-6(2-8)5-10/h6,9H,2-5H2,1H3. The summed E-state index contributed by atoms with van der Waals surface area (Å²) in [6.07, 6.45) is 0. The summed E-state index contributed by atoms with van der Waals surface area (Å²) in [5.41, 5.74) is 0. The van der Waals surface area contributed by atoms with Gasteiger partial charge in [-0.2, -0.15) is 0 Å². The fourth-order valence-corrected chi connectivity index (χ4v) is 1.13. The Morgan fingerprint density at radius 1 is 1.73 bits per heavy atom. The number of hydrogen-bond acceptors (Lipinski definition) is 2. The van der Waals surface area contributed by atoms with Gasteiger partial charge in [0.05, 0.1) is 13.2 Å². The summed E-state index contributed by atoms with van der Waals surface area (Å²) >= 11 is 0. The average molecular weight is 160 g/mol. The van der Waals surface area contributed by atoms with Crippen molar-refractivity contribution in [2.45, 2.75) is 0 Å². The maximum atomic E-state index is 11.9. The highest BCUT2D eigenvalue weighted by Crippen LogP contribution is 2.14. The van der Waals surface area contributed by atoms with E-state index in [9.17, 15) is 9.18 Å². The molecule has 1 saturated heterocycles. The number of likely N-dealkylation sites (tertiary alicyclic amines) is 1. The van der Waals surface area contributed by atoms with Crippen LogP contribution < -0.4 is 5.32 Å². The van der Waals surface area contributed by atoms with Gasteiger partial charge in [0.15, 0.2) is 0 Å². The lowest BCUT2D eigenvalue weighted by Gasteiger charge is -2.37. The van der Waals surface area contributed by atoms with E-state index in [1.165, 1.54) is 0 Å². The Morgan fingerprint density at radius 3 is 2.82 bits per heavy atom. The monoisotopic (exact) mass is 160 g/mol. The maximum absolute atomic E-state index is 11.9. The molecule has 0 atom stereocenters. The van der Waals surface area contributed by atoms with Crippen molar-refractivity contribution in [3.63, 3.8) is 0 Å². The fraction of sp³-hybridized carbons (Fsp3) is 0.857. The van der Waals surface area contributed by atoms with Crippen molar-refractivity contribution in [1.29, 1.82) is 0 Å². The van der Waals surface area contributed by atoms with E-state index in [-0.39, 0.29) is 18.5 Å². The van der Waals surface area contributed by atoms with Gasteiger partial charge in [0.1, 0.15) is 0 Å². The van der Waals surface area contributed by atoms with Crippen LogP contribution in [-0.4, -0.2) is 44.2 Å². The summed E-state index contributed by atoms with van der Waals surface area (Å²) in [4.78, 5) is 12.7. The molecule has 1 heterocycles. The molecule has 1 amide bonds. The topological polar surface area (TPSA) is 32.3 Å². The predicted octanol–water partition coefficient (Wildman–Crippen LogP) is -0.366. The van der Waals surface area contributed by atoms with Gasteiger partial charge in [0.2, 0.25) is 5.91 Å². The number of likely N-dealkylation sites (N-methyl/N-ethyl adjacent to an activating group) is 1. The highest BCUT2D eigenvalue weighted by Gasteiger charge is 2.29. The van der Waals surface area contributed by atoms with E-state index in [1.807, 2.05) is 0 Å². The number of amides is 1. The predicted molar refractivity (Wildman–Crippen MR) is 40.0 cm³/mol. The van der Waals surface area contributed by atoms with Crippen LogP contribution in [0.5, 0.6) is 0 Å². The highest BCUT2D eigenvalue weighted by molar-refractivity contribution is 5.78. The zero-order chi connectivity index (χ0) is 8.27. The Hall–Kier alpha value is -0.640. The first-order chi connectivity index (χ1) is 5.27. The van der Waals surface area contributed by atoms with Crippen LogP contribution in [0.4, 0.5) is 4.39 Å². The van der Waals surface area contributed by atoms with Crippen LogP contribution in [-0.2, 0) is 4.79 Å². The van der Waals surface area contributed by atoms with Crippen LogP contribution in [0, 0.1) is 5.92 Å². The third kappa shape index (κ3) is 1.89. The molecule has 0 aliphatic carbocycles. The van der Waals surface area contributed by atoms with Crippen LogP contribution in [0.2, 0.25) is 0 Å². The zero-order valence-electron chi connectivity index (χ0n) is 6.64. The Bertz CT molecular complexity index is 145. The van der Waals surface area contributed by atoms with Crippen LogP contribution >= 0.6 is 0 Å². The molecule has 0 bridgehead atoms. The minimum absolute atomic E-state index is 0.0669. The molecule has 64 valence electrons. The molecule has 11 heavy (non-hydrogen) atoms. The van der Waals surface area contributed by atoms with Crippen molar-refractivity contribution in [3.8, 4) is 0 Å². The molecule has 1 aliphatic rings. The van der Waals surface area contributed by atoms with Gasteiger partial charge in [0.25, 0.3) is 0 Å². The number of halogens is 1. The van der Waals surface area contributed by atoms with Gasteiger partial charge in [-0.1, -0.05) is 0 Å². The third-order valence-corrected chi connectivity index (χ3v) is 1.86. The second kappa shape index (κ2) is 3.67. The fourth-order valence-electron chi connectivity index (χ4n) is 1.13. The summed E-state index contributed by atoms with van der Waals surface area (Å²) in [5.74, 6) is 0.160. The van der Waals surface area contributed by atoms with Crippen LogP contribution in [0.3, 0.4) is 0 Å². The second-order valence-corrected chi connectivity index (χ2v) is 2.85. The Labute approximate surface area is 65.6 Å². The molecular weight excluding hydrogens is 147 g/mol. The number of alkyl halides is 1. The minimum atomic E-state index is -0.302. The van der Waals surface area contributed by atoms with Crippen LogP contribution in [0.25, 0.3) is 0 Å². The minimum Gasteiger partial charge on any atom is -0.341 e. The summed E-state index contributed by atoms with van der Waals surface area (Å²) in [7, 11) is 1.73. The molecule has 1 N–H and O–H groups in total. The Morgan fingerprint density at radius 2 is 2.36 bits per heavy atom. The molecule has 0 spiro atoms. The summed E-state index contributed by atoms with van der Waals surface area (Å²) in [5, 5.41) is 2.76. The first-order valence-electron chi connectivity index (χ1n) is 3.76. The second-order valence-electron chi connectivity index (χ2n) is 2.85.